The highest BCUT2D eigenvalue weighted by atomic mass is 16.3. The molecule has 2 aliphatic rings. The molecule has 0 aromatic rings. The summed E-state index contributed by atoms with van der Waals surface area (Å²) in [5.41, 5.74) is 0. The van der Waals surface area contributed by atoms with E-state index in [1.165, 1.54) is 0 Å². The number of aliphatic hydroxyl groups is 2. The van der Waals surface area contributed by atoms with E-state index in [2.05, 4.69) is 0 Å². The van der Waals surface area contributed by atoms with Crippen molar-refractivity contribution in [2.75, 3.05) is 6.61 Å². The average Bonchev–Trinajstić information content (AvgIpc) is 2.26. The van der Waals surface area contributed by atoms with Crippen molar-refractivity contribution < 1.29 is 10.2 Å². The fourth-order valence-electron chi connectivity index (χ4n) is 2.46. The zero-order valence-electron chi connectivity index (χ0n) is 6.03. The van der Waals surface area contributed by atoms with E-state index >= 15 is 0 Å². The molecule has 0 bridgehead atoms. The third-order valence-corrected chi connectivity index (χ3v) is 3.14. The second-order valence-corrected chi connectivity index (χ2v) is 3.75. The molecule has 0 aliphatic heterocycles. The fourth-order valence-corrected chi connectivity index (χ4v) is 2.46. The van der Waals surface area contributed by atoms with Crippen molar-refractivity contribution >= 4 is 0 Å². The molecule has 0 heterocycles. The SMILES string of the molecule is OCC1C[C@@H]2CC(O)[C@@H]2C1. The minimum atomic E-state index is -0.0402. The summed E-state index contributed by atoms with van der Waals surface area (Å²) < 4.78 is 0. The van der Waals surface area contributed by atoms with Crippen molar-refractivity contribution in [1.82, 2.24) is 0 Å². The third kappa shape index (κ3) is 0.789. The average molecular weight is 142 g/mol. The van der Waals surface area contributed by atoms with Crippen LogP contribution in [0.4, 0.5) is 0 Å². The summed E-state index contributed by atoms with van der Waals surface area (Å²) in [5, 5.41) is 18.1. The third-order valence-electron chi connectivity index (χ3n) is 3.14. The van der Waals surface area contributed by atoms with E-state index in [1.54, 1.807) is 0 Å². The van der Waals surface area contributed by atoms with Gasteiger partial charge in [0.2, 0.25) is 0 Å². The highest BCUT2D eigenvalue weighted by Gasteiger charge is 2.46. The van der Waals surface area contributed by atoms with Crippen molar-refractivity contribution in [1.29, 1.82) is 0 Å². The normalized spacial score (nSPS) is 52.2. The first kappa shape index (κ1) is 6.62. The van der Waals surface area contributed by atoms with Gasteiger partial charge >= 0.3 is 0 Å². The van der Waals surface area contributed by atoms with Gasteiger partial charge in [-0.3, -0.25) is 0 Å². The lowest BCUT2D eigenvalue weighted by molar-refractivity contribution is -0.0147. The number of hydrogen-bond donors (Lipinski definition) is 2. The molecular formula is C8H14O2. The first-order valence-electron chi connectivity index (χ1n) is 4.10. The molecule has 0 spiro atoms. The van der Waals surface area contributed by atoms with Gasteiger partial charge in [0.25, 0.3) is 0 Å². The Hall–Kier alpha value is -0.0800. The molecule has 2 saturated carbocycles. The number of fused-ring (bicyclic) bond motifs is 1. The Morgan fingerprint density at radius 1 is 1.20 bits per heavy atom. The number of rotatable bonds is 1. The first-order chi connectivity index (χ1) is 4.81. The second-order valence-electron chi connectivity index (χ2n) is 3.75. The van der Waals surface area contributed by atoms with Gasteiger partial charge < -0.3 is 10.2 Å². The molecule has 0 aromatic heterocycles. The van der Waals surface area contributed by atoms with Crippen LogP contribution in [0.5, 0.6) is 0 Å². The van der Waals surface area contributed by atoms with Gasteiger partial charge in [-0.15, -0.1) is 0 Å². The minimum absolute atomic E-state index is 0.0402. The van der Waals surface area contributed by atoms with Crippen LogP contribution >= 0.6 is 0 Å². The molecule has 2 fully saturated rings. The van der Waals surface area contributed by atoms with Crippen LogP contribution in [0.15, 0.2) is 0 Å². The lowest BCUT2D eigenvalue weighted by atomic mass is 9.74. The zero-order chi connectivity index (χ0) is 7.14. The first-order valence-corrected chi connectivity index (χ1v) is 4.10. The van der Waals surface area contributed by atoms with Crippen LogP contribution in [0.1, 0.15) is 19.3 Å². The minimum Gasteiger partial charge on any atom is -0.396 e. The molecule has 0 saturated heterocycles. The van der Waals surface area contributed by atoms with E-state index in [0.29, 0.717) is 18.4 Å². The smallest absolute Gasteiger partial charge is 0.0573 e. The van der Waals surface area contributed by atoms with Gasteiger partial charge in [-0.05, 0) is 37.0 Å². The predicted molar refractivity (Wildman–Crippen MR) is 37.4 cm³/mol. The van der Waals surface area contributed by atoms with E-state index in [9.17, 15) is 5.11 Å². The van der Waals surface area contributed by atoms with Gasteiger partial charge in [-0.2, -0.15) is 0 Å². The molecule has 2 unspecified atom stereocenters. The molecule has 10 heavy (non-hydrogen) atoms. The lowest BCUT2D eigenvalue weighted by Gasteiger charge is -2.36. The number of hydrogen-bond acceptors (Lipinski definition) is 2. The Bertz CT molecular complexity index is 135. The Morgan fingerprint density at radius 2 is 2.00 bits per heavy atom. The van der Waals surface area contributed by atoms with Crippen LogP contribution < -0.4 is 0 Å². The van der Waals surface area contributed by atoms with Gasteiger partial charge in [-0.25, -0.2) is 0 Å². The molecule has 0 amide bonds. The van der Waals surface area contributed by atoms with Crippen LogP contribution in [-0.4, -0.2) is 22.9 Å². The van der Waals surface area contributed by atoms with Crippen LogP contribution in [0.2, 0.25) is 0 Å². The topological polar surface area (TPSA) is 40.5 Å². The Kier molecular flexibility index (Phi) is 1.46. The molecule has 4 atom stereocenters. The van der Waals surface area contributed by atoms with E-state index in [4.69, 9.17) is 5.11 Å². The molecule has 0 radical (unpaired) electrons. The van der Waals surface area contributed by atoms with E-state index < -0.39 is 0 Å². The monoisotopic (exact) mass is 142 g/mol. The van der Waals surface area contributed by atoms with Crippen LogP contribution in [0.25, 0.3) is 0 Å². The van der Waals surface area contributed by atoms with Crippen molar-refractivity contribution in [3.8, 4) is 0 Å². The predicted octanol–water partition coefficient (Wildman–Crippen LogP) is 0.386. The van der Waals surface area contributed by atoms with Gasteiger partial charge in [0.15, 0.2) is 0 Å². The van der Waals surface area contributed by atoms with Crippen molar-refractivity contribution in [2.45, 2.75) is 25.4 Å². The highest BCUT2D eigenvalue weighted by Crippen LogP contribution is 2.49. The lowest BCUT2D eigenvalue weighted by Crippen LogP contribution is -2.37. The molecular weight excluding hydrogens is 128 g/mol. The van der Waals surface area contributed by atoms with Gasteiger partial charge in [-0.1, -0.05) is 0 Å². The summed E-state index contributed by atoms with van der Waals surface area (Å²) in [6, 6.07) is 0. The zero-order valence-corrected chi connectivity index (χ0v) is 6.03. The molecule has 2 aliphatic carbocycles. The fraction of sp³-hybridized carbons (Fsp3) is 1.00. The summed E-state index contributed by atoms with van der Waals surface area (Å²) >= 11 is 0. The maximum Gasteiger partial charge on any atom is 0.0573 e. The molecule has 2 rings (SSSR count). The van der Waals surface area contributed by atoms with Gasteiger partial charge in [0.05, 0.1) is 6.10 Å². The summed E-state index contributed by atoms with van der Waals surface area (Å²) in [6.07, 6.45) is 3.16. The van der Waals surface area contributed by atoms with Crippen molar-refractivity contribution in [2.24, 2.45) is 17.8 Å². The quantitative estimate of drug-likeness (QED) is 0.556. The van der Waals surface area contributed by atoms with E-state index in [0.717, 1.165) is 25.2 Å². The largest absolute Gasteiger partial charge is 0.396 e. The summed E-state index contributed by atoms with van der Waals surface area (Å²) in [6.45, 7) is 0.319. The van der Waals surface area contributed by atoms with Crippen LogP contribution in [0, 0.1) is 17.8 Å². The maximum absolute atomic E-state index is 9.25. The van der Waals surface area contributed by atoms with Crippen molar-refractivity contribution in [3.05, 3.63) is 0 Å². The molecule has 2 heteroatoms. The maximum atomic E-state index is 9.25. The number of aliphatic hydroxyl groups excluding tert-OH is 2. The van der Waals surface area contributed by atoms with E-state index in [1.807, 2.05) is 0 Å². The Labute approximate surface area is 60.9 Å². The molecule has 0 aromatic carbocycles. The van der Waals surface area contributed by atoms with Crippen molar-refractivity contribution in [3.63, 3.8) is 0 Å². The van der Waals surface area contributed by atoms with Gasteiger partial charge in [0, 0.05) is 6.61 Å². The summed E-state index contributed by atoms with van der Waals surface area (Å²) in [4.78, 5) is 0. The Morgan fingerprint density at radius 3 is 2.50 bits per heavy atom. The van der Waals surface area contributed by atoms with Crippen LogP contribution in [-0.2, 0) is 0 Å². The van der Waals surface area contributed by atoms with E-state index in [-0.39, 0.29) is 6.10 Å². The summed E-state index contributed by atoms with van der Waals surface area (Å²) in [7, 11) is 0. The summed E-state index contributed by atoms with van der Waals surface area (Å²) in [5.74, 6) is 1.77. The second kappa shape index (κ2) is 2.21. The molecule has 2 N–H and O–H groups in total. The standard InChI is InChI=1S/C8H14O2/c9-4-5-1-6-3-8(10)7(6)2-5/h5-10H,1-4H2/t5?,6-,7-,8?/m1/s1. The van der Waals surface area contributed by atoms with Crippen LogP contribution in [0.3, 0.4) is 0 Å². The molecule has 2 nitrogen and oxygen atoms in total. The van der Waals surface area contributed by atoms with Gasteiger partial charge in [0.1, 0.15) is 0 Å². The molecule has 58 valence electrons. The highest BCUT2D eigenvalue weighted by molar-refractivity contribution is 4.96. The Balaban J connectivity index is 1.93.